The number of rotatable bonds is 7. The second-order valence-corrected chi connectivity index (χ2v) is 8.64. The van der Waals surface area contributed by atoms with Crippen molar-refractivity contribution in [2.75, 3.05) is 25.4 Å². The van der Waals surface area contributed by atoms with Gasteiger partial charge in [0.2, 0.25) is 10.0 Å². The first kappa shape index (κ1) is 19.2. The van der Waals surface area contributed by atoms with E-state index in [1.807, 2.05) is 18.2 Å². The highest BCUT2D eigenvalue weighted by Gasteiger charge is 2.25. The molecule has 0 heterocycles. The normalized spacial score (nSPS) is 16.9. The molecular formula is C16H24BrN3O3S. The molecule has 2 rings (SSSR count). The average molecular weight is 418 g/mol. The molecule has 0 radical (unpaired) electrons. The molecule has 0 saturated carbocycles. The van der Waals surface area contributed by atoms with Crippen molar-refractivity contribution in [3.8, 4) is 0 Å². The third-order valence-corrected chi connectivity index (χ3v) is 7.03. The van der Waals surface area contributed by atoms with Gasteiger partial charge >= 0.3 is 6.03 Å². The van der Waals surface area contributed by atoms with Crippen LogP contribution in [0.4, 0.5) is 4.79 Å². The number of hydrogen-bond donors (Lipinski definition) is 2. The number of carbonyl (C=O) groups excluding carboxylic acids is 1. The van der Waals surface area contributed by atoms with Crippen LogP contribution in [-0.2, 0) is 16.4 Å². The van der Waals surface area contributed by atoms with E-state index in [0.29, 0.717) is 13.1 Å². The van der Waals surface area contributed by atoms with Crippen LogP contribution in [0.15, 0.2) is 22.7 Å². The summed E-state index contributed by atoms with van der Waals surface area (Å²) >= 11 is 3.53. The van der Waals surface area contributed by atoms with Crippen LogP contribution in [0.25, 0.3) is 0 Å². The lowest BCUT2D eigenvalue weighted by Crippen LogP contribution is -2.42. The van der Waals surface area contributed by atoms with Gasteiger partial charge in [-0.05, 0) is 30.0 Å². The van der Waals surface area contributed by atoms with Crippen LogP contribution in [0.1, 0.15) is 37.4 Å². The molecule has 1 unspecified atom stereocenters. The maximum atomic E-state index is 12.1. The quantitative estimate of drug-likeness (QED) is 0.714. The number of amides is 2. The van der Waals surface area contributed by atoms with Crippen LogP contribution in [0.2, 0.25) is 0 Å². The van der Waals surface area contributed by atoms with Crippen molar-refractivity contribution in [3.63, 3.8) is 0 Å². The lowest BCUT2D eigenvalue weighted by Gasteiger charge is -2.19. The molecular weight excluding hydrogens is 394 g/mol. The van der Waals surface area contributed by atoms with Gasteiger partial charge in [-0.2, -0.15) is 0 Å². The lowest BCUT2D eigenvalue weighted by molar-refractivity contribution is 0.237. The van der Waals surface area contributed by atoms with Gasteiger partial charge in [-0.15, -0.1) is 0 Å². The number of sulfonamides is 1. The van der Waals surface area contributed by atoms with E-state index in [4.69, 9.17) is 0 Å². The lowest BCUT2D eigenvalue weighted by atomic mass is 10.1. The standard InChI is InChI=1S/C16H24BrN3O3S/c1-3-20(4-2)24(22,23)11-10-18-16(21)19-15-9-8-12-13(15)6-5-7-14(12)17/h5-7,15H,3-4,8-11H2,1-2H3,(H2,18,19,21). The van der Waals surface area contributed by atoms with Gasteiger partial charge in [0, 0.05) is 24.1 Å². The first-order valence-electron chi connectivity index (χ1n) is 8.18. The molecule has 0 spiro atoms. The molecule has 2 N–H and O–H groups in total. The maximum Gasteiger partial charge on any atom is 0.315 e. The van der Waals surface area contributed by atoms with Crippen LogP contribution >= 0.6 is 15.9 Å². The average Bonchev–Trinajstić information content (AvgIpc) is 2.92. The Hall–Kier alpha value is -1.12. The minimum atomic E-state index is -3.32. The summed E-state index contributed by atoms with van der Waals surface area (Å²) in [7, 11) is -3.32. The van der Waals surface area contributed by atoms with Gasteiger partial charge in [0.25, 0.3) is 0 Å². The van der Waals surface area contributed by atoms with Gasteiger partial charge in [-0.3, -0.25) is 0 Å². The summed E-state index contributed by atoms with van der Waals surface area (Å²) in [5, 5.41) is 5.57. The largest absolute Gasteiger partial charge is 0.337 e. The SMILES string of the molecule is CCN(CC)S(=O)(=O)CCNC(=O)NC1CCc2c(Br)cccc21. The fourth-order valence-electron chi connectivity index (χ4n) is 3.01. The molecule has 6 nitrogen and oxygen atoms in total. The monoisotopic (exact) mass is 417 g/mol. The van der Waals surface area contributed by atoms with Gasteiger partial charge in [0.05, 0.1) is 11.8 Å². The number of carbonyl (C=O) groups is 1. The Bertz CT molecular complexity index is 690. The topological polar surface area (TPSA) is 78.5 Å². The molecule has 1 atom stereocenters. The van der Waals surface area contributed by atoms with Crippen LogP contribution in [-0.4, -0.2) is 44.1 Å². The Morgan fingerprint density at radius 2 is 2.04 bits per heavy atom. The smallest absolute Gasteiger partial charge is 0.315 e. The number of urea groups is 1. The first-order valence-corrected chi connectivity index (χ1v) is 10.6. The zero-order valence-corrected chi connectivity index (χ0v) is 16.4. The summed E-state index contributed by atoms with van der Waals surface area (Å²) in [5.41, 5.74) is 2.35. The van der Waals surface area contributed by atoms with Gasteiger partial charge in [-0.25, -0.2) is 17.5 Å². The van der Waals surface area contributed by atoms with E-state index >= 15 is 0 Å². The van der Waals surface area contributed by atoms with Crippen molar-refractivity contribution < 1.29 is 13.2 Å². The van der Waals surface area contributed by atoms with Gasteiger partial charge in [0.1, 0.15) is 0 Å². The number of nitrogens with zero attached hydrogens (tertiary/aromatic N) is 1. The van der Waals surface area contributed by atoms with Crippen LogP contribution < -0.4 is 10.6 Å². The number of fused-ring (bicyclic) bond motifs is 1. The van der Waals surface area contributed by atoms with E-state index in [2.05, 4.69) is 26.6 Å². The van der Waals surface area contributed by atoms with Gasteiger partial charge < -0.3 is 10.6 Å². The van der Waals surface area contributed by atoms with Crippen LogP contribution in [0.5, 0.6) is 0 Å². The van der Waals surface area contributed by atoms with Crippen molar-refractivity contribution in [3.05, 3.63) is 33.8 Å². The molecule has 1 aliphatic carbocycles. The van der Waals surface area contributed by atoms with E-state index in [-0.39, 0.29) is 24.4 Å². The highest BCUT2D eigenvalue weighted by molar-refractivity contribution is 9.10. The van der Waals surface area contributed by atoms with E-state index in [1.165, 1.54) is 9.87 Å². The zero-order valence-electron chi connectivity index (χ0n) is 14.0. The Morgan fingerprint density at radius 1 is 1.33 bits per heavy atom. The van der Waals surface area contributed by atoms with E-state index in [9.17, 15) is 13.2 Å². The summed E-state index contributed by atoms with van der Waals surface area (Å²) in [5.74, 6) is -0.0884. The molecule has 1 aromatic rings. The number of nitrogens with one attached hydrogen (secondary N) is 2. The predicted octanol–water partition coefficient (Wildman–Crippen LogP) is 2.41. The molecule has 0 bridgehead atoms. The van der Waals surface area contributed by atoms with Crippen molar-refractivity contribution in [2.45, 2.75) is 32.7 Å². The third-order valence-electron chi connectivity index (χ3n) is 4.26. The van der Waals surface area contributed by atoms with Gasteiger partial charge in [0.15, 0.2) is 0 Å². The van der Waals surface area contributed by atoms with Crippen molar-refractivity contribution in [1.29, 1.82) is 0 Å². The molecule has 0 aromatic heterocycles. The molecule has 2 amide bonds. The Labute approximate surface area is 152 Å². The number of benzene rings is 1. The predicted molar refractivity (Wildman–Crippen MR) is 98.4 cm³/mol. The highest BCUT2D eigenvalue weighted by Crippen LogP contribution is 2.35. The molecule has 1 aliphatic rings. The maximum absolute atomic E-state index is 12.1. The minimum absolute atomic E-state index is 0.0307. The summed E-state index contributed by atoms with van der Waals surface area (Å²) in [6.07, 6.45) is 1.77. The molecule has 134 valence electrons. The van der Waals surface area contributed by atoms with Crippen LogP contribution in [0.3, 0.4) is 0 Å². The second kappa shape index (κ2) is 8.31. The number of halogens is 1. The van der Waals surface area contributed by atoms with Crippen molar-refractivity contribution in [1.82, 2.24) is 14.9 Å². The third kappa shape index (κ3) is 4.49. The summed E-state index contributed by atoms with van der Waals surface area (Å²) in [6.45, 7) is 4.59. The molecule has 24 heavy (non-hydrogen) atoms. The Morgan fingerprint density at radius 3 is 2.71 bits per heavy atom. The molecule has 0 aliphatic heterocycles. The summed E-state index contributed by atoms with van der Waals surface area (Å²) < 4.78 is 26.6. The summed E-state index contributed by atoms with van der Waals surface area (Å²) in [6, 6.07) is 5.61. The Kier molecular flexibility index (Phi) is 6.65. The van der Waals surface area contributed by atoms with E-state index < -0.39 is 10.0 Å². The zero-order chi connectivity index (χ0) is 17.7. The van der Waals surface area contributed by atoms with Crippen molar-refractivity contribution >= 4 is 32.0 Å². The van der Waals surface area contributed by atoms with Crippen molar-refractivity contribution in [2.24, 2.45) is 0 Å². The fourth-order valence-corrected chi connectivity index (χ4v) is 4.99. The molecule has 0 fully saturated rings. The first-order chi connectivity index (χ1) is 11.4. The second-order valence-electron chi connectivity index (χ2n) is 5.70. The molecule has 1 aromatic carbocycles. The van der Waals surface area contributed by atoms with E-state index in [1.54, 1.807) is 13.8 Å². The summed E-state index contributed by atoms with van der Waals surface area (Å²) in [4.78, 5) is 12.0. The van der Waals surface area contributed by atoms with Gasteiger partial charge in [-0.1, -0.05) is 41.9 Å². The number of hydrogen-bond acceptors (Lipinski definition) is 3. The molecule has 0 saturated heterocycles. The fraction of sp³-hybridized carbons (Fsp3) is 0.562. The highest BCUT2D eigenvalue weighted by atomic mass is 79.9. The minimum Gasteiger partial charge on any atom is -0.337 e. The molecule has 8 heteroatoms. The Balaban J connectivity index is 1.85. The van der Waals surface area contributed by atoms with E-state index in [0.717, 1.165) is 22.9 Å². The van der Waals surface area contributed by atoms with Crippen LogP contribution in [0, 0.1) is 0 Å².